The fraction of sp³-hybridized carbons (Fsp3) is 0.533. The molecule has 2 amide bonds. The van der Waals surface area contributed by atoms with Gasteiger partial charge in [0.15, 0.2) is 0 Å². The summed E-state index contributed by atoms with van der Waals surface area (Å²) in [6, 6.07) is 5.74. The number of rotatable bonds is 2. The fourth-order valence-electron chi connectivity index (χ4n) is 2.46. The molecule has 110 valence electrons. The Balaban J connectivity index is 2.11. The number of hydrogen-bond acceptors (Lipinski definition) is 2. The van der Waals surface area contributed by atoms with Gasteiger partial charge in [0.2, 0.25) is 0 Å². The molecule has 1 heterocycles. The largest absolute Gasteiger partial charge is 0.391 e. The summed E-state index contributed by atoms with van der Waals surface area (Å²) in [7, 11) is 0. The summed E-state index contributed by atoms with van der Waals surface area (Å²) in [6.45, 7) is 5.32. The van der Waals surface area contributed by atoms with Crippen LogP contribution in [0, 0.1) is 0 Å². The Morgan fingerprint density at radius 2 is 2.25 bits per heavy atom. The molecule has 4 nitrogen and oxygen atoms in total. The number of halogens is 1. The smallest absolute Gasteiger partial charge is 0.321 e. The van der Waals surface area contributed by atoms with Crippen molar-refractivity contribution in [2.45, 2.75) is 38.7 Å². The van der Waals surface area contributed by atoms with Gasteiger partial charge in [-0.3, -0.25) is 0 Å². The summed E-state index contributed by atoms with van der Waals surface area (Å²) in [5.74, 6) is 0.328. The minimum absolute atomic E-state index is 0.132. The number of hydrogen-bond donors (Lipinski definition) is 2. The Morgan fingerprint density at radius 1 is 1.50 bits per heavy atom. The van der Waals surface area contributed by atoms with Gasteiger partial charge in [0, 0.05) is 23.2 Å². The molecule has 1 atom stereocenters. The lowest BCUT2D eigenvalue weighted by Crippen LogP contribution is -2.44. The highest BCUT2D eigenvalue weighted by Gasteiger charge is 2.22. The van der Waals surface area contributed by atoms with Crippen molar-refractivity contribution in [3.8, 4) is 0 Å². The molecule has 5 heteroatoms. The van der Waals surface area contributed by atoms with Gasteiger partial charge in [0.25, 0.3) is 0 Å². The third-order valence-corrected chi connectivity index (χ3v) is 4.05. The maximum Gasteiger partial charge on any atom is 0.321 e. The predicted molar refractivity (Wildman–Crippen MR) is 84.1 cm³/mol. The molecule has 0 spiro atoms. The van der Waals surface area contributed by atoms with Crippen molar-refractivity contribution in [3.05, 3.63) is 28.2 Å². The van der Waals surface area contributed by atoms with E-state index >= 15 is 0 Å². The van der Waals surface area contributed by atoms with E-state index in [1.165, 1.54) is 0 Å². The maximum absolute atomic E-state index is 12.3. The molecule has 2 N–H and O–H groups in total. The van der Waals surface area contributed by atoms with Crippen LogP contribution < -0.4 is 5.32 Å². The van der Waals surface area contributed by atoms with Crippen LogP contribution in [-0.2, 0) is 0 Å². The Labute approximate surface area is 128 Å². The van der Waals surface area contributed by atoms with Gasteiger partial charge in [-0.2, -0.15) is 0 Å². The average Bonchev–Trinajstić information content (AvgIpc) is 2.40. The van der Waals surface area contributed by atoms with Crippen molar-refractivity contribution in [1.82, 2.24) is 4.90 Å². The van der Waals surface area contributed by atoms with Crippen molar-refractivity contribution in [3.63, 3.8) is 0 Å². The quantitative estimate of drug-likeness (QED) is 0.864. The molecule has 0 aromatic heterocycles. The van der Waals surface area contributed by atoms with E-state index in [2.05, 4.69) is 35.1 Å². The van der Waals surface area contributed by atoms with Crippen molar-refractivity contribution < 1.29 is 9.90 Å². The first-order chi connectivity index (χ1) is 9.47. The number of aliphatic hydroxyl groups is 1. The molecule has 2 rings (SSSR count). The van der Waals surface area contributed by atoms with Gasteiger partial charge in [0.05, 0.1) is 6.10 Å². The number of nitrogens with zero attached hydrogens (tertiary/aromatic N) is 1. The molecular weight excluding hydrogens is 320 g/mol. The van der Waals surface area contributed by atoms with Gasteiger partial charge in [0.1, 0.15) is 0 Å². The molecule has 20 heavy (non-hydrogen) atoms. The SMILES string of the molecule is CC(C)c1cc(Br)ccc1NC(=O)N1CCCC(O)C1. The number of carbonyl (C=O) groups is 1. The maximum atomic E-state index is 12.3. The van der Waals surface area contributed by atoms with Crippen molar-refractivity contribution >= 4 is 27.6 Å². The lowest BCUT2D eigenvalue weighted by molar-refractivity contribution is 0.0883. The molecule has 1 aromatic carbocycles. The van der Waals surface area contributed by atoms with Gasteiger partial charge in [-0.15, -0.1) is 0 Å². The van der Waals surface area contributed by atoms with Gasteiger partial charge in [-0.05, 0) is 42.5 Å². The number of β-amino-alcohol motifs (C(OH)–C–C–N with tert-alkyl or cyclic N) is 1. The monoisotopic (exact) mass is 340 g/mol. The predicted octanol–water partition coefficient (Wildman–Crippen LogP) is 3.56. The minimum Gasteiger partial charge on any atom is -0.391 e. The molecule has 1 aromatic rings. The number of urea groups is 1. The molecule has 0 saturated carbocycles. The Hall–Kier alpha value is -1.07. The zero-order valence-corrected chi connectivity index (χ0v) is 13.5. The zero-order chi connectivity index (χ0) is 14.7. The van der Waals surface area contributed by atoms with Crippen LogP contribution in [0.5, 0.6) is 0 Å². The number of anilines is 1. The summed E-state index contributed by atoms with van der Waals surface area (Å²) >= 11 is 3.46. The second kappa shape index (κ2) is 6.59. The first kappa shape index (κ1) is 15.3. The summed E-state index contributed by atoms with van der Waals surface area (Å²) in [4.78, 5) is 13.9. The van der Waals surface area contributed by atoms with Crippen molar-refractivity contribution in [1.29, 1.82) is 0 Å². The van der Waals surface area contributed by atoms with E-state index in [1.54, 1.807) is 4.90 Å². The van der Waals surface area contributed by atoms with E-state index in [9.17, 15) is 9.90 Å². The van der Waals surface area contributed by atoms with Crippen molar-refractivity contribution in [2.24, 2.45) is 0 Å². The van der Waals surface area contributed by atoms with E-state index in [-0.39, 0.29) is 6.03 Å². The summed E-state index contributed by atoms with van der Waals surface area (Å²) in [5.41, 5.74) is 1.94. The van der Waals surface area contributed by atoms with Crippen LogP contribution >= 0.6 is 15.9 Å². The standard InChI is InChI=1S/C15H21BrN2O2/c1-10(2)13-8-11(16)5-6-14(13)17-15(20)18-7-3-4-12(19)9-18/h5-6,8,10,12,19H,3-4,7,9H2,1-2H3,(H,17,20). The molecular formula is C15H21BrN2O2. The first-order valence-electron chi connectivity index (χ1n) is 7.01. The number of piperidine rings is 1. The fourth-order valence-corrected chi connectivity index (χ4v) is 2.84. The average molecular weight is 341 g/mol. The molecule has 1 saturated heterocycles. The highest BCUT2D eigenvalue weighted by atomic mass is 79.9. The van der Waals surface area contributed by atoms with Crippen LogP contribution in [-0.4, -0.2) is 35.2 Å². The van der Waals surface area contributed by atoms with Gasteiger partial charge in [-0.1, -0.05) is 29.8 Å². The summed E-state index contributed by atoms with van der Waals surface area (Å²) in [6.07, 6.45) is 1.23. The highest BCUT2D eigenvalue weighted by Crippen LogP contribution is 2.28. The summed E-state index contributed by atoms with van der Waals surface area (Å²) in [5, 5.41) is 12.6. The van der Waals surface area contributed by atoms with Crippen LogP contribution in [0.15, 0.2) is 22.7 Å². The molecule has 1 fully saturated rings. The Bertz CT molecular complexity index is 491. The molecule has 1 unspecified atom stereocenters. The first-order valence-corrected chi connectivity index (χ1v) is 7.80. The van der Waals surface area contributed by atoms with Gasteiger partial charge in [-0.25, -0.2) is 4.79 Å². The second-order valence-corrected chi connectivity index (χ2v) is 6.47. The minimum atomic E-state index is -0.399. The topological polar surface area (TPSA) is 52.6 Å². The third-order valence-electron chi connectivity index (χ3n) is 3.56. The Morgan fingerprint density at radius 3 is 2.90 bits per heavy atom. The van der Waals surface area contributed by atoms with Crippen LogP contribution in [0.1, 0.15) is 38.2 Å². The zero-order valence-electron chi connectivity index (χ0n) is 11.9. The number of amides is 2. The van der Waals surface area contributed by atoms with Gasteiger partial charge >= 0.3 is 6.03 Å². The Kier molecular flexibility index (Phi) is 5.05. The van der Waals surface area contributed by atoms with Crippen LogP contribution in [0.2, 0.25) is 0 Å². The van der Waals surface area contributed by atoms with Crippen LogP contribution in [0.3, 0.4) is 0 Å². The molecule has 1 aliphatic heterocycles. The number of carbonyl (C=O) groups excluding carboxylic acids is 1. The third kappa shape index (κ3) is 3.73. The molecule has 0 aliphatic carbocycles. The van der Waals surface area contributed by atoms with Crippen molar-refractivity contribution in [2.75, 3.05) is 18.4 Å². The van der Waals surface area contributed by atoms with Crippen LogP contribution in [0.4, 0.5) is 10.5 Å². The number of likely N-dealkylation sites (tertiary alicyclic amines) is 1. The number of nitrogens with one attached hydrogen (secondary N) is 1. The van der Waals surface area contributed by atoms with Crippen LogP contribution in [0.25, 0.3) is 0 Å². The lowest BCUT2D eigenvalue weighted by Gasteiger charge is -2.30. The molecule has 1 aliphatic rings. The summed E-state index contributed by atoms with van der Waals surface area (Å²) < 4.78 is 1.01. The van der Waals surface area contributed by atoms with Gasteiger partial charge < -0.3 is 15.3 Å². The van der Waals surface area contributed by atoms with E-state index in [4.69, 9.17) is 0 Å². The highest BCUT2D eigenvalue weighted by molar-refractivity contribution is 9.10. The molecule has 0 radical (unpaired) electrons. The normalized spacial score (nSPS) is 19.2. The van der Waals surface area contributed by atoms with E-state index in [1.807, 2.05) is 18.2 Å². The number of aliphatic hydroxyl groups excluding tert-OH is 1. The number of benzene rings is 1. The van der Waals surface area contributed by atoms with E-state index in [0.717, 1.165) is 28.6 Å². The molecule has 0 bridgehead atoms. The lowest BCUT2D eigenvalue weighted by atomic mass is 10.0. The second-order valence-electron chi connectivity index (χ2n) is 5.56. The van der Waals surface area contributed by atoms with E-state index in [0.29, 0.717) is 19.0 Å². The van der Waals surface area contributed by atoms with E-state index < -0.39 is 6.10 Å².